The van der Waals surface area contributed by atoms with Crippen LogP contribution < -0.4 is 5.32 Å². The van der Waals surface area contributed by atoms with Crippen LogP contribution in [0, 0.1) is 10.1 Å². The molecule has 0 spiro atoms. The van der Waals surface area contributed by atoms with Gasteiger partial charge in [-0.15, -0.1) is 0 Å². The Morgan fingerprint density at radius 1 is 1.61 bits per heavy atom. The summed E-state index contributed by atoms with van der Waals surface area (Å²) in [5.74, 6) is 0.255. The zero-order chi connectivity index (χ0) is 13.7. The van der Waals surface area contributed by atoms with Crippen molar-refractivity contribution in [2.24, 2.45) is 0 Å². The zero-order valence-corrected chi connectivity index (χ0v) is 11.5. The minimum atomic E-state index is -0.642. The summed E-state index contributed by atoms with van der Waals surface area (Å²) in [4.78, 5) is 22.2. The monoisotopic (exact) mass is 288 g/mol. The molecule has 1 amide bonds. The summed E-state index contributed by atoms with van der Waals surface area (Å²) in [7, 11) is 0. The SMILES string of the molecule is CSCC(C)NC(=O)c1cccc(Cl)c1[N+](=O)[O-]. The van der Waals surface area contributed by atoms with Crippen molar-refractivity contribution in [3.8, 4) is 0 Å². The average molecular weight is 289 g/mol. The van der Waals surface area contributed by atoms with E-state index in [1.165, 1.54) is 18.2 Å². The molecule has 0 aromatic heterocycles. The lowest BCUT2D eigenvalue weighted by Crippen LogP contribution is -2.34. The second-order valence-electron chi connectivity index (χ2n) is 3.72. The molecule has 98 valence electrons. The minimum Gasteiger partial charge on any atom is -0.349 e. The number of nitrogens with zero attached hydrogens (tertiary/aromatic N) is 1. The van der Waals surface area contributed by atoms with Gasteiger partial charge in [0.1, 0.15) is 10.6 Å². The minimum absolute atomic E-state index is 0.0135. The third-order valence-electron chi connectivity index (χ3n) is 2.21. The molecule has 0 fully saturated rings. The molecule has 7 heteroatoms. The van der Waals surface area contributed by atoms with Crippen LogP contribution in [0.2, 0.25) is 5.02 Å². The van der Waals surface area contributed by atoms with E-state index in [1.807, 2.05) is 13.2 Å². The zero-order valence-electron chi connectivity index (χ0n) is 9.97. The van der Waals surface area contributed by atoms with Crippen molar-refractivity contribution < 1.29 is 9.72 Å². The van der Waals surface area contributed by atoms with Gasteiger partial charge in [-0.3, -0.25) is 14.9 Å². The Labute approximate surface area is 114 Å². The first-order valence-corrected chi connectivity index (χ1v) is 6.97. The number of thioether (sulfide) groups is 1. The van der Waals surface area contributed by atoms with Gasteiger partial charge >= 0.3 is 5.69 Å². The van der Waals surface area contributed by atoms with Crippen molar-refractivity contribution in [3.05, 3.63) is 38.9 Å². The molecule has 0 heterocycles. The van der Waals surface area contributed by atoms with Gasteiger partial charge in [-0.2, -0.15) is 11.8 Å². The van der Waals surface area contributed by atoms with Crippen molar-refractivity contribution in [1.82, 2.24) is 5.32 Å². The summed E-state index contributed by atoms with van der Waals surface area (Å²) in [6.07, 6.45) is 1.92. The lowest BCUT2D eigenvalue weighted by atomic mass is 10.1. The van der Waals surface area contributed by atoms with Gasteiger partial charge in [0.05, 0.1) is 4.92 Å². The predicted molar refractivity (Wildman–Crippen MR) is 73.4 cm³/mol. The number of amides is 1. The highest BCUT2D eigenvalue weighted by Gasteiger charge is 2.24. The molecule has 1 aromatic rings. The van der Waals surface area contributed by atoms with Crippen LogP contribution in [-0.2, 0) is 0 Å². The van der Waals surface area contributed by atoms with Crippen LogP contribution in [0.15, 0.2) is 18.2 Å². The molecule has 0 bridgehead atoms. The van der Waals surface area contributed by atoms with E-state index in [0.29, 0.717) is 0 Å². The van der Waals surface area contributed by atoms with Gasteiger partial charge in [0.25, 0.3) is 5.91 Å². The van der Waals surface area contributed by atoms with Crippen molar-refractivity contribution >= 4 is 35.0 Å². The van der Waals surface area contributed by atoms with Gasteiger partial charge in [-0.1, -0.05) is 17.7 Å². The molecule has 0 radical (unpaired) electrons. The van der Waals surface area contributed by atoms with Gasteiger partial charge in [-0.05, 0) is 25.3 Å². The van der Waals surface area contributed by atoms with Crippen molar-refractivity contribution in [3.63, 3.8) is 0 Å². The highest BCUT2D eigenvalue weighted by molar-refractivity contribution is 7.98. The van der Waals surface area contributed by atoms with Gasteiger partial charge in [-0.25, -0.2) is 0 Å². The van der Waals surface area contributed by atoms with Crippen LogP contribution in [0.25, 0.3) is 0 Å². The number of nitro groups is 1. The Morgan fingerprint density at radius 3 is 2.83 bits per heavy atom. The second-order valence-corrected chi connectivity index (χ2v) is 5.04. The van der Waals surface area contributed by atoms with Crippen molar-refractivity contribution in [2.75, 3.05) is 12.0 Å². The highest BCUT2D eigenvalue weighted by Crippen LogP contribution is 2.28. The number of para-hydroxylation sites is 1. The van der Waals surface area contributed by atoms with E-state index in [-0.39, 0.29) is 22.3 Å². The van der Waals surface area contributed by atoms with E-state index < -0.39 is 10.8 Å². The Morgan fingerprint density at radius 2 is 2.28 bits per heavy atom. The largest absolute Gasteiger partial charge is 0.349 e. The van der Waals surface area contributed by atoms with E-state index in [9.17, 15) is 14.9 Å². The van der Waals surface area contributed by atoms with Crippen LogP contribution in [-0.4, -0.2) is 28.9 Å². The molecule has 1 N–H and O–H groups in total. The summed E-state index contributed by atoms with van der Waals surface area (Å²) >= 11 is 7.33. The maximum absolute atomic E-state index is 11.9. The molecule has 1 rings (SSSR count). The number of nitro benzene ring substituents is 1. The number of carbonyl (C=O) groups is 1. The lowest BCUT2D eigenvalue weighted by Gasteiger charge is -2.12. The molecule has 18 heavy (non-hydrogen) atoms. The fourth-order valence-corrected chi connectivity index (χ4v) is 2.30. The molecule has 1 unspecified atom stereocenters. The highest BCUT2D eigenvalue weighted by atomic mass is 35.5. The van der Waals surface area contributed by atoms with Crippen LogP contribution in [0.5, 0.6) is 0 Å². The third kappa shape index (κ3) is 3.61. The summed E-state index contributed by atoms with van der Waals surface area (Å²) in [5.41, 5.74) is -0.367. The molecule has 1 atom stereocenters. The first kappa shape index (κ1) is 14.8. The molecule has 0 aliphatic rings. The van der Waals surface area contributed by atoms with Crippen molar-refractivity contribution in [1.29, 1.82) is 0 Å². The summed E-state index contributed by atoms with van der Waals surface area (Å²) < 4.78 is 0. The number of hydrogen-bond donors (Lipinski definition) is 1. The Bertz CT molecular complexity index is 468. The number of benzene rings is 1. The molecule has 0 saturated carbocycles. The number of halogens is 1. The Hall–Kier alpha value is -1.27. The maximum Gasteiger partial charge on any atom is 0.300 e. The smallest absolute Gasteiger partial charge is 0.300 e. The molecule has 0 aliphatic carbocycles. The predicted octanol–water partition coefficient (Wildman–Crippen LogP) is 2.73. The lowest BCUT2D eigenvalue weighted by molar-refractivity contribution is -0.385. The van der Waals surface area contributed by atoms with Crippen LogP contribution in [0.4, 0.5) is 5.69 Å². The summed E-state index contributed by atoms with van der Waals surface area (Å²) in [5, 5.41) is 13.6. The first-order valence-electron chi connectivity index (χ1n) is 5.20. The Balaban J connectivity index is 2.99. The number of rotatable bonds is 5. The fourth-order valence-electron chi connectivity index (χ4n) is 1.48. The quantitative estimate of drug-likeness (QED) is 0.668. The van der Waals surface area contributed by atoms with Crippen LogP contribution in [0.3, 0.4) is 0 Å². The summed E-state index contributed by atoms with van der Waals surface area (Å²) in [6, 6.07) is 4.24. The second kappa shape index (κ2) is 6.61. The van der Waals surface area contributed by atoms with Gasteiger partial charge in [0, 0.05) is 11.8 Å². The van der Waals surface area contributed by atoms with Gasteiger partial charge in [0.15, 0.2) is 0 Å². The number of hydrogen-bond acceptors (Lipinski definition) is 4. The normalized spacial score (nSPS) is 11.9. The maximum atomic E-state index is 11.9. The van der Waals surface area contributed by atoms with Crippen molar-refractivity contribution in [2.45, 2.75) is 13.0 Å². The summed E-state index contributed by atoms with van der Waals surface area (Å²) in [6.45, 7) is 1.84. The van der Waals surface area contributed by atoms with Crippen LogP contribution in [0.1, 0.15) is 17.3 Å². The van der Waals surface area contributed by atoms with E-state index in [4.69, 9.17) is 11.6 Å². The van der Waals surface area contributed by atoms with Gasteiger partial charge < -0.3 is 5.32 Å². The molecule has 0 aliphatic heterocycles. The molecule has 0 saturated heterocycles. The fraction of sp³-hybridized carbons (Fsp3) is 0.364. The molecular formula is C11H13ClN2O3S. The topological polar surface area (TPSA) is 72.2 Å². The number of carbonyl (C=O) groups excluding carboxylic acids is 1. The standard InChI is InChI=1S/C11H13ClN2O3S/c1-7(6-18-2)13-11(15)8-4-3-5-9(12)10(8)14(16)17/h3-5,7H,6H2,1-2H3,(H,13,15). The molecule has 1 aromatic carbocycles. The average Bonchev–Trinajstić information content (AvgIpc) is 2.28. The first-order chi connectivity index (χ1) is 8.47. The molecular weight excluding hydrogens is 276 g/mol. The van der Waals surface area contributed by atoms with E-state index >= 15 is 0 Å². The van der Waals surface area contributed by atoms with E-state index in [2.05, 4.69) is 5.32 Å². The van der Waals surface area contributed by atoms with Gasteiger partial charge in [0.2, 0.25) is 0 Å². The molecule has 5 nitrogen and oxygen atoms in total. The van der Waals surface area contributed by atoms with Crippen LogP contribution >= 0.6 is 23.4 Å². The number of nitrogens with one attached hydrogen (secondary N) is 1. The third-order valence-corrected chi connectivity index (χ3v) is 3.35. The van der Waals surface area contributed by atoms with E-state index in [1.54, 1.807) is 11.8 Å². The Kier molecular flexibility index (Phi) is 5.43. The van der Waals surface area contributed by atoms with E-state index in [0.717, 1.165) is 5.75 Å².